The van der Waals surface area contributed by atoms with E-state index in [1.54, 1.807) is 4.88 Å². The number of aromatic nitrogens is 1. The standard InChI is InChI=1S/C18H30N2S/c1-5-19-18(11-9-13(10-12-18)17(2,3)4)16-20-14-7-6-8-15(14)21-16/h13,19H,5-12H2,1-4H3. The molecule has 2 nitrogen and oxygen atoms in total. The third-order valence-electron chi connectivity index (χ3n) is 5.58. The Labute approximate surface area is 133 Å². The maximum Gasteiger partial charge on any atom is 0.113 e. The highest BCUT2D eigenvalue weighted by Gasteiger charge is 2.41. The van der Waals surface area contributed by atoms with Crippen LogP contribution < -0.4 is 5.32 Å². The summed E-state index contributed by atoms with van der Waals surface area (Å²) in [5.74, 6) is 0.857. The Kier molecular flexibility index (Phi) is 4.17. The van der Waals surface area contributed by atoms with E-state index in [0.29, 0.717) is 5.41 Å². The molecule has 21 heavy (non-hydrogen) atoms. The molecule has 1 saturated carbocycles. The molecule has 1 aromatic rings. The zero-order valence-corrected chi connectivity index (χ0v) is 14.9. The summed E-state index contributed by atoms with van der Waals surface area (Å²) in [4.78, 5) is 6.62. The third kappa shape index (κ3) is 2.92. The Morgan fingerprint density at radius 3 is 2.52 bits per heavy atom. The van der Waals surface area contributed by atoms with Crippen LogP contribution >= 0.6 is 11.3 Å². The lowest BCUT2D eigenvalue weighted by molar-refractivity contribution is 0.114. The van der Waals surface area contributed by atoms with Crippen LogP contribution in [0.5, 0.6) is 0 Å². The van der Waals surface area contributed by atoms with Crippen LogP contribution in [-0.4, -0.2) is 11.5 Å². The molecule has 2 aliphatic rings. The molecule has 2 aliphatic carbocycles. The van der Waals surface area contributed by atoms with Gasteiger partial charge in [0.2, 0.25) is 0 Å². The van der Waals surface area contributed by atoms with E-state index in [0.717, 1.165) is 12.5 Å². The largest absolute Gasteiger partial charge is 0.306 e. The van der Waals surface area contributed by atoms with Crippen molar-refractivity contribution in [2.75, 3.05) is 6.54 Å². The number of hydrogen-bond acceptors (Lipinski definition) is 3. The SMILES string of the molecule is CCNC1(c2nc3c(s2)CCC3)CCC(C(C)(C)C)CC1. The molecule has 0 saturated heterocycles. The molecule has 0 radical (unpaired) electrons. The number of hydrogen-bond donors (Lipinski definition) is 1. The molecular weight excluding hydrogens is 276 g/mol. The summed E-state index contributed by atoms with van der Waals surface area (Å²) in [6, 6.07) is 0. The molecule has 3 rings (SSSR count). The van der Waals surface area contributed by atoms with Crippen LogP contribution in [0.4, 0.5) is 0 Å². The first-order chi connectivity index (χ1) is 9.94. The van der Waals surface area contributed by atoms with Crippen LogP contribution in [0.1, 0.15) is 75.4 Å². The molecule has 1 N–H and O–H groups in total. The Balaban J connectivity index is 1.81. The van der Waals surface area contributed by atoms with Gasteiger partial charge in [0.05, 0.1) is 11.2 Å². The number of nitrogens with one attached hydrogen (secondary N) is 1. The molecule has 0 atom stereocenters. The van der Waals surface area contributed by atoms with Gasteiger partial charge in [0.1, 0.15) is 5.01 Å². The van der Waals surface area contributed by atoms with Crippen LogP contribution in [0.25, 0.3) is 0 Å². The first-order valence-electron chi connectivity index (χ1n) is 8.69. The van der Waals surface area contributed by atoms with Crippen molar-refractivity contribution in [1.82, 2.24) is 10.3 Å². The number of aryl methyl sites for hydroxylation is 2. The predicted molar refractivity (Wildman–Crippen MR) is 90.9 cm³/mol. The Morgan fingerprint density at radius 1 is 1.24 bits per heavy atom. The maximum absolute atomic E-state index is 5.05. The predicted octanol–water partition coefficient (Wildman–Crippen LogP) is 4.67. The average molecular weight is 307 g/mol. The van der Waals surface area contributed by atoms with Gasteiger partial charge in [-0.15, -0.1) is 11.3 Å². The minimum atomic E-state index is 0.172. The average Bonchev–Trinajstić information content (AvgIpc) is 2.99. The molecule has 3 heteroatoms. The lowest BCUT2D eigenvalue weighted by Gasteiger charge is -2.43. The van der Waals surface area contributed by atoms with Gasteiger partial charge in [-0.2, -0.15) is 0 Å². The van der Waals surface area contributed by atoms with Crippen molar-refractivity contribution in [3.8, 4) is 0 Å². The molecule has 1 fully saturated rings. The van der Waals surface area contributed by atoms with Crippen molar-refractivity contribution in [1.29, 1.82) is 0 Å². The molecular formula is C18H30N2S. The Morgan fingerprint density at radius 2 is 1.95 bits per heavy atom. The van der Waals surface area contributed by atoms with Crippen molar-refractivity contribution >= 4 is 11.3 Å². The summed E-state index contributed by atoms with van der Waals surface area (Å²) >= 11 is 2.00. The third-order valence-corrected chi connectivity index (χ3v) is 6.95. The summed E-state index contributed by atoms with van der Waals surface area (Å²) in [5.41, 5.74) is 2.03. The first kappa shape index (κ1) is 15.5. The van der Waals surface area contributed by atoms with E-state index >= 15 is 0 Å². The van der Waals surface area contributed by atoms with E-state index in [9.17, 15) is 0 Å². The Bertz CT molecular complexity index is 468. The molecule has 1 heterocycles. The highest BCUT2D eigenvalue weighted by molar-refractivity contribution is 7.12. The topological polar surface area (TPSA) is 24.9 Å². The van der Waals surface area contributed by atoms with Gasteiger partial charge in [0.15, 0.2) is 0 Å². The Hall–Kier alpha value is -0.410. The minimum Gasteiger partial charge on any atom is -0.306 e. The molecule has 0 spiro atoms. The molecule has 0 amide bonds. The van der Waals surface area contributed by atoms with Crippen molar-refractivity contribution < 1.29 is 0 Å². The second-order valence-electron chi connectivity index (χ2n) is 8.00. The summed E-state index contributed by atoms with van der Waals surface area (Å²) in [7, 11) is 0. The second-order valence-corrected chi connectivity index (χ2v) is 9.08. The highest BCUT2D eigenvalue weighted by Crippen LogP contribution is 2.47. The molecule has 1 aromatic heterocycles. The molecule has 0 aliphatic heterocycles. The number of nitrogens with zero attached hydrogens (tertiary/aromatic N) is 1. The second kappa shape index (κ2) is 5.66. The van der Waals surface area contributed by atoms with Gasteiger partial charge in [0.25, 0.3) is 0 Å². The normalized spacial score (nSPS) is 29.6. The van der Waals surface area contributed by atoms with E-state index in [1.807, 2.05) is 11.3 Å². The van der Waals surface area contributed by atoms with E-state index in [2.05, 4.69) is 33.0 Å². The van der Waals surface area contributed by atoms with Crippen LogP contribution in [0.3, 0.4) is 0 Å². The number of rotatable bonds is 3. The van der Waals surface area contributed by atoms with Crippen molar-refractivity contribution in [2.24, 2.45) is 11.3 Å². The highest BCUT2D eigenvalue weighted by atomic mass is 32.1. The van der Waals surface area contributed by atoms with Crippen LogP contribution in [0.2, 0.25) is 0 Å². The monoisotopic (exact) mass is 306 g/mol. The van der Waals surface area contributed by atoms with Crippen molar-refractivity contribution in [3.63, 3.8) is 0 Å². The van der Waals surface area contributed by atoms with Crippen LogP contribution in [0, 0.1) is 11.3 Å². The van der Waals surface area contributed by atoms with Gasteiger partial charge in [-0.1, -0.05) is 27.7 Å². The molecule has 0 aromatic carbocycles. The van der Waals surface area contributed by atoms with Gasteiger partial charge >= 0.3 is 0 Å². The maximum atomic E-state index is 5.05. The fourth-order valence-corrected chi connectivity index (χ4v) is 5.55. The summed E-state index contributed by atoms with van der Waals surface area (Å²) in [5, 5.41) is 5.21. The van der Waals surface area contributed by atoms with E-state index in [-0.39, 0.29) is 5.54 Å². The van der Waals surface area contributed by atoms with Gasteiger partial charge in [-0.3, -0.25) is 0 Å². The summed E-state index contributed by atoms with van der Waals surface area (Å²) < 4.78 is 0. The zero-order chi connectivity index (χ0) is 15.1. The lowest BCUT2D eigenvalue weighted by atomic mass is 9.67. The van der Waals surface area contributed by atoms with Crippen molar-refractivity contribution in [3.05, 3.63) is 15.6 Å². The first-order valence-corrected chi connectivity index (χ1v) is 9.50. The number of fused-ring (bicyclic) bond motifs is 1. The van der Waals surface area contributed by atoms with Gasteiger partial charge in [-0.25, -0.2) is 4.98 Å². The fourth-order valence-electron chi connectivity index (χ4n) is 4.18. The summed E-state index contributed by atoms with van der Waals surface area (Å²) in [6.45, 7) is 10.5. The van der Waals surface area contributed by atoms with E-state index < -0.39 is 0 Å². The quantitative estimate of drug-likeness (QED) is 0.877. The minimum absolute atomic E-state index is 0.172. The smallest absolute Gasteiger partial charge is 0.113 e. The van der Waals surface area contributed by atoms with Gasteiger partial charge in [0, 0.05) is 4.88 Å². The van der Waals surface area contributed by atoms with Crippen LogP contribution in [0.15, 0.2) is 0 Å². The van der Waals surface area contributed by atoms with Crippen molar-refractivity contribution in [2.45, 2.75) is 78.2 Å². The van der Waals surface area contributed by atoms with Gasteiger partial charge < -0.3 is 5.32 Å². The van der Waals surface area contributed by atoms with Gasteiger partial charge in [-0.05, 0) is 62.8 Å². The molecule has 0 unspecified atom stereocenters. The molecule has 0 bridgehead atoms. The lowest BCUT2D eigenvalue weighted by Crippen LogP contribution is -2.46. The molecule has 118 valence electrons. The zero-order valence-electron chi connectivity index (χ0n) is 14.1. The van der Waals surface area contributed by atoms with E-state index in [1.165, 1.54) is 55.6 Å². The van der Waals surface area contributed by atoms with Crippen LogP contribution in [-0.2, 0) is 18.4 Å². The number of thiazole rings is 1. The fraction of sp³-hybridized carbons (Fsp3) is 0.833. The summed E-state index contributed by atoms with van der Waals surface area (Å²) in [6.07, 6.45) is 8.97. The van der Waals surface area contributed by atoms with E-state index in [4.69, 9.17) is 4.98 Å².